The fraction of sp³-hybridized carbons (Fsp3) is 0.400. The maximum atomic E-state index is 3.60. The van der Waals surface area contributed by atoms with Gasteiger partial charge in [0.05, 0.1) is 0 Å². The Balaban J connectivity index is 2.10. The number of anilines is 1. The van der Waals surface area contributed by atoms with Crippen molar-refractivity contribution in [2.45, 2.75) is 53.0 Å². The lowest BCUT2D eigenvalue weighted by molar-refractivity contribution is 0.733. The molecule has 0 aliphatic heterocycles. The number of nitrogens with one attached hydrogen (secondary N) is 1. The predicted molar refractivity (Wildman–Crippen MR) is 93.1 cm³/mol. The topological polar surface area (TPSA) is 12.0 Å². The Morgan fingerprint density at radius 3 is 1.95 bits per heavy atom. The fourth-order valence-electron chi connectivity index (χ4n) is 2.74. The van der Waals surface area contributed by atoms with Gasteiger partial charge in [-0.25, -0.2) is 0 Å². The first kappa shape index (κ1) is 15.6. The Bertz CT molecular complexity index is 563. The van der Waals surface area contributed by atoms with Crippen molar-refractivity contribution >= 4 is 5.69 Å². The number of hydrogen-bond acceptors (Lipinski definition) is 1. The minimum atomic E-state index is 0.318. The summed E-state index contributed by atoms with van der Waals surface area (Å²) in [7, 11) is 0. The molecule has 0 heterocycles. The molecular weight excluding hydrogens is 254 g/mol. The van der Waals surface area contributed by atoms with Crippen molar-refractivity contribution in [2.24, 2.45) is 0 Å². The zero-order chi connectivity index (χ0) is 15.4. The van der Waals surface area contributed by atoms with Crippen LogP contribution in [0.2, 0.25) is 0 Å². The van der Waals surface area contributed by atoms with E-state index in [0.29, 0.717) is 12.0 Å². The Morgan fingerprint density at radius 2 is 1.43 bits per heavy atom. The SMILES string of the molecule is CCC(C)c1ccc(NC(C)c2cc(C)cc(C)c2)cc1. The van der Waals surface area contributed by atoms with E-state index in [-0.39, 0.29) is 0 Å². The normalized spacial score (nSPS) is 13.8. The van der Waals surface area contributed by atoms with Gasteiger partial charge in [-0.05, 0) is 56.4 Å². The summed E-state index contributed by atoms with van der Waals surface area (Å²) in [6, 6.07) is 15.9. The molecule has 0 fully saturated rings. The third-order valence-electron chi connectivity index (χ3n) is 4.22. The average Bonchev–Trinajstić information content (AvgIpc) is 2.46. The molecule has 0 saturated carbocycles. The summed E-state index contributed by atoms with van der Waals surface area (Å²) in [5, 5.41) is 3.60. The summed E-state index contributed by atoms with van der Waals surface area (Å²) in [5.41, 5.74) is 6.60. The van der Waals surface area contributed by atoms with Crippen molar-refractivity contribution in [1.29, 1.82) is 0 Å². The molecule has 2 atom stereocenters. The first-order valence-corrected chi connectivity index (χ1v) is 7.94. The van der Waals surface area contributed by atoms with Gasteiger partial charge >= 0.3 is 0 Å². The van der Waals surface area contributed by atoms with Gasteiger partial charge in [-0.1, -0.05) is 55.3 Å². The smallest absolute Gasteiger partial charge is 0.0485 e. The summed E-state index contributed by atoms with van der Waals surface area (Å²) in [6.07, 6.45) is 1.19. The van der Waals surface area contributed by atoms with Crippen LogP contribution >= 0.6 is 0 Å². The van der Waals surface area contributed by atoms with Gasteiger partial charge in [0.2, 0.25) is 0 Å². The standard InChI is InChI=1S/C20H27N/c1-6-16(4)18-7-9-20(10-8-18)21-17(5)19-12-14(2)11-15(3)13-19/h7-13,16-17,21H,6H2,1-5H3. The molecule has 0 aliphatic rings. The third kappa shape index (κ3) is 4.10. The zero-order valence-electron chi connectivity index (χ0n) is 13.9. The van der Waals surface area contributed by atoms with Crippen LogP contribution in [-0.2, 0) is 0 Å². The molecule has 1 heteroatoms. The average molecular weight is 281 g/mol. The molecule has 0 saturated heterocycles. The molecular formula is C20H27N. The fourth-order valence-corrected chi connectivity index (χ4v) is 2.74. The quantitative estimate of drug-likeness (QED) is 0.709. The van der Waals surface area contributed by atoms with E-state index >= 15 is 0 Å². The second kappa shape index (κ2) is 6.80. The summed E-state index contributed by atoms with van der Waals surface area (Å²) in [5.74, 6) is 0.635. The molecule has 1 N–H and O–H groups in total. The van der Waals surface area contributed by atoms with Crippen molar-refractivity contribution in [3.8, 4) is 0 Å². The molecule has 2 aromatic carbocycles. The highest BCUT2D eigenvalue weighted by Crippen LogP contribution is 2.24. The number of rotatable bonds is 5. The van der Waals surface area contributed by atoms with Crippen molar-refractivity contribution < 1.29 is 0 Å². The predicted octanol–water partition coefficient (Wildman–Crippen LogP) is 5.99. The van der Waals surface area contributed by atoms with Gasteiger partial charge in [0, 0.05) is 11.7 Å². The minimum Gasteiger partial charge on any atom is -0.379 e. The van der Waals surface area contributed by atoms with Crippen LogP contribution in [0.25, 0.3) is 0 Å². The molecule has 0 amide bonds. The van der Waals surface area contributed by atoms with E-state index in [2.05, 4.69) is 82.4 Å². The first-order chi connectivity index (χ1) is 9.99. The van der Waals surface area contributed by atoms with Crippen LogP contribution in [0.4, 0.5) is 5.69 Å². The van der Waals surface area contributed by atoms with Gasteiger partial charge in [0.1, 0.15) is 0 Å². The highest BCUT2D eigenvalue weighted by molar-refractivity contribution is 5.47. The van der Waals surface area contributed by atoms with Crippen LogP contribution in [0.15, 0.2) is 42.5 Å². The van der Waals surface area contributed by atoms with E-state index in [9.17, 15) is 0 Å². The van der Waals surface area contributed by atoms with E-state index in [1.807, 2.05) is 0 Å². The Hall–Kier alpha value is -1.76. The Labute approximate surface area is 129 Å². The molecule has 2 aromatic rings. The van der Waals surface area contributed by atoms with E-state index in [0.717, 1.165) is 0 Å². The highest BCUT2D eigenvalue weighted by atomic mass is 14.9. The van der Waals surface area contributed by atoms with Gasteiger partial charge in [-0.2, -0.15) is 0 Å². The van der Waals surface area contributed by atoms with Crippen LogP contribution in [0.3, 0.4) is 0 Å². The molecule has 2 rings (SSSR count). The largest absolute Gasteiger partial charge is 0.379 e. The second-order valence-electron chi connectivity index (χ2n) is 6.22. The lowest BCUT2D eigenvalue weighted by atomic mass is 9.98. The number of hydrogen-bond donors (Lipinski definition) is 1. The number of benzene rings is 2. The molecule has 0 aliphatic carbocycles. The van der Waals surface area contributed by atoms with Crippen LogP contribution in [0.5, 0.6) is 0 Å². The molecule has 0 aromatic heterocycles. The maximum Gasteiger partial charge on any atom is 0.0485 e. The van der Waals surface area contributed by atoms with Gasteiger partial charge in [0.15, 0.2) is 0 Å². The van der Waals surface area contributed by atoms with Crippen molar-refractivity contribution in [2.75, 3.05) is 5.32 Å². The molecule has 0 radical (unpaired) electrons. The first-order valence-electron chi connectivity index (χ1n) is 7.94. The van der Waals surface area contributed by atoms with Crippen LogP contribution < -0.4 is 5.32 Å². The van der Waals surface area contributed by atoms with Gasteiger partial charge in [-0.15, -0.1) is 0 Å². The maximum absolute atomic E-state index is 3.60. The third-order valence-corrected chi connectivity index (χ3v) is 4.22. The van der Waals surface area contributed by atoms with Crippen molar-refractivity contribution in [3.05, 3.63) is 64.7 Å². The summed E-state index contributed by atoms with van der Waals surface area (Å²) in [4.78, 5) is 0. The Morgan fingerprint density at radius 1 is 0.857 bits per heavy atom. The van der Waals surface area contributed by atoms with E-state index in [4.69, 9.17) is 0 Å². The minimum absolute atomic E-state index is 0.318. The number of aryl methyl sites for hydroxylation is 2. The molecule has 0 spiro atoms. The molecule has 0 bridgehead atoms. The van der Waals surface area contributed by atoms with E-state index < -0.39 is 0 Å². The van der Waals surface area contributed by atoms with Crippen LogP contribution in [0, 0.1) is 13.8 Å². The van der Waals surface area contributed by atoms with Crippen molar-refractivity contribution in [3.63, 3.8) is 0 Å². The molecule has 2 unspecified atom stereocenters. The monoisotopic (exact) mass is 281 g/mol. The summed E-state index contributed by atoms with van der Waals surface area (Å²) >= 11 is 0. The highest BCUT2D eigenvalue weighted by Gasteiger charge is 2.07. The molecule has 1 nitrogen and oxygen atoms in total. The lowest BCUT2D eigenvalue weighted by Crippen LogP contribution is -2.07. The lowest BCUT2D eigenvalue weighted by Gasteiger charge is -2.18. The summed E-state index contributed by atoms with van der Waals surface area (Å²) in [6.45, 7) is 11.0. The van der Waals surface area contributed by atoms with Crippen LogP contribution in [0.1, 0.15) is 61.4 Å². The second-order valence-corrected chi connectivity index (χ2v) is 6.22. The molecule has 112 valence electrons. The molecule has 21 heavy (non-hydrogen) atoms. The zero-order valence-corrected chi connectivity index (χ0v) is 13.9. The van der Waals surface area contributed by atoms with Gasteiger partial charge < -0.3 is 5.32 Å². The van der Waals surface area contributed by atoms with Crippen molar-refractivity contribution in [1.82, 2.24) is 0 Å². The van der Waals surface area contributed by atoms with E-state index in [1.165, 1.54) is 34.4 Å². The van der Waals surface area contributed by atoms with Crippen LogP contribution in [-0.4, -0.2) is 0 Å². The Kier molecular flexibility index (Phi) is 5.06. The summed E-state index contributed by atoms with van der Waals surface area (Å²) < 4.78 is 0. The van der Waals surface area contributed by atoms with Gasteiger partial charge in [0.25, 0.3) is 0 Å². The van der Waals surface area contributed by atoms with Gasteiger partial charge in [-0.3, -0.25) is 0 Å². The van der Waals surface area contributed by atoms with E-state index in [1.54, 1.807) is 0 Å².